The number of nitrogens with zero attached hydrogens (tertiary/aromatic N) is 2. The first kappa shape index (κ1) is 28.2. The van der Waals surface area contributed by atoms with Gasteiger partial charge in [-0.1, -0.05) is 60.7 Å². The first-order valence-corrected chi connectivity index (χ1v) is 12.4. The Bertz CT molecular complexity index is 1260. The van der Waals surface area contributed by atoms with Crippen LogP contribution in [0.15, 0.2) is 78.9 Å². The Morgan fingerprint density at radius 2 is 1.28 bits per heavy atom. The number of piperazine rings is 1. The van der Waals surface area contributed by atoms with Gasteiger partial charge < -0.3 is 9.80 Å². The van der Waals surface area contributed by atoms with E-state index in [1.54, 1.807) is 23.1 Å². The molecule has 1 heterocycles. The van der Waals surface area contributed by atoms with E-state index < -0.39 is 41.0 Å². The Morgan fingerprint density at radius 3 is 1.82 bits per heavy atom. The quantitative estimate of drug-likeness (QED) is 0.342. The minimum absolute atomic E-state index is 0.00156. The minimum atomic E-state index is -5.07. The summed E-state index contributed by atoms with van der Waals surface area (Å²) >= 11 is 0. The smallest absolute Gasteiger partial charge is 0.339 e. The van der Waals surface area contributed by atoms with Gasteiger partial charge >= 0.3 is 12.4 Å². The Labute approximate surface area is 221 Å². The van der Waals surface area contributed by atoms with Gasteiger partial charge in [-0.3, -0.25) is 9.59 Å². The highest BCUT2D eigenvalue weighted by atomic mass is 19.4. The second-order valence-electron chi connectivity index (χ2n) is 9.46. The number of hydrogen-bond donors (Lipinski definition) is 0. The second-order valence-corrected chi connectivity index (χ2v) is 9.46. The molecule has 1 aliphatic heterocycles. The van der Waals surface area contributed by atoms with Crippen molar-refractivity contribution in [1.29, 1.82) is 0 Å². The van der Waals surface area contributed by atoms with E-state index in [0.717, 1.165) is 11.1 Å². The van der Waals surface area contributed by atoms with E-state index >= 15 is 0 Å². The molecular weight excluding hydrogens is 522 g/mol. The molecule has 0 spiro atoms. The van der Waals surface area contributed by atoms with Crippen molar-refractivity contribution in [2.24, 2.45) is 0 Å². The van der Waals surface area contributed by atoms with Gasteiger partial charge in [0.15, 0.2) is 0 Å². The zero-order chi connectivity index (χ0) is 28.2. The molecule has 0 unspecified atom stereocenters. The van der Waals surface area contributed by atoms with E-state index in [4.69, 9.17) is 0 Å². The lowest BCUT2D eigenvalue weighted by molar-refractivity contribution is -0.143. The van der Waals surface area contributed by atoms with Crippen molar-refractivity contribution < 1.29 is 35.9 Å². The fourth-order valence-electron chi connectivity index (χ4n) is 4.71. The predicted molar refractivity (Wildman–Crippen MR) is 133 cm³/mol. The van der Waals surface area contributed by atoms with Gasteiger partial charge in [0.05, 0.1) is 17.2 Å². The number of rotatable bonds is 6. The maximum Gasteiger partial charge on any atom is 0.416 e. The fourth-order valence-corrected chi connectivity index (χ4v) is 4.71. The summed E-state index contributed by atoms with van der Waals surface area (Å²) < 4.78 is 80.4. The lowest BCUT2D eigenvalue weighted by atomic mass is 9.98. The summed E-state index contributed by atoms with van der Waals surface area (Å²) in [5, 5.41) is 0. The molecule has 1 saturated heterocycles. The van der Waals surface area contributed by atoms with Crippen LogP contribution in [0.3, 0.4) is 0 Å². The molecule has 0 N–H and O–H groups in total. The standard InChI is InChI=1S/C29H26F6N2O2/c30-28(31,32)23-16-22(17-24(18-23)29(33,34)35)27(39)37-14-13-36(19-25(37)15-21-9-5-2-6-10-21)26(38)12-11-20-7-3-1-4-8-20/h1-10,16-18,25H,11-15,19H2/t25-/m1/s1. The average molecular weight is 549 g/mol. The zero-order valence-electron chi connectivity index (χ0n) is 20.8. The number of carbonyl (C=O) groups excluding carboxylic acids is 2. The van der Waals surface area contributed by atoms with Crippen molar-refractivity contribution in [2.75, 3.05) is 19.6 Å². The molecule has 0 aliphatic carbocycles. The van der Waals surface area contributed by atoms with Crippen molar-refractivity contribution in [3.63, 3.8) is 0 Å². The van der Waals surface area contributed by atoms with Crippen LogP contribution in [-0.4, -0.2) is 47.3 Å². The van der Waals surface area contributed by atoms with Gasteiger partial charge in [0.2, 0.25) is 5.91 Å². The molecule has 0 radical (unpaired) electrons. The summed E-state index contributed by atoms with van der Waals surface area (Å²) in [7, 11) is 0. The molecular formula is C29H26F6N2O2. The Hall–Kier alpha value is -3.82. The molecule has 0 saturated carbocycles. The van der Waals surface area contributed by atoms with Crippen LogP contribution in [0.2, 0.25) is 0 Å². The van der Waals surface area contributed by atoms with Crippen LogP contribution in [0.25, 0.3) is 0 Å². The number of carbonyl (C=O) groups is 2. The molecule has 0 aromatic heterocycles. The molecule has 4 rings (SSSR count). The van der Waals surface area contributed by atoms with Crippen molar-refractivity contribution in [3.05, 3.63) is 107 Å². The molecule has 2 amide bonds. The maximum absolute atomic E-state index is 13.4. The summed E-state index contributed by atoms with van der Waals surface area (Å²) in [5.41, 5.74) is -1.98. The van der Waals surface area contributed by atoms with Gasteiger partial charge in [0.25, 0.3) is 5.91 Å². The summed E-state index contributed by atoms with van der Waals surface area (Å²) in [6.45, 7) is 0.208. The van der Waals surface area contributed by atoms with E-state index in [1.807, 2.05) is 42.5 Å². The molecule has 0 bridgehead atoms. The number of amides is 2. The third-order valence-electron chi connectivity index (χ3n) is 6.72. The van der Waals surface area contributed by atoms with Crippen molar-refractivity contribution in [2.45, 2.75) is 37.7 Å². The summed E-state index contributed by atoms with van der Waals surface area (Å²) in [4.78, 5) is 29.3. The molecule has 206 valence electrons. The zero-order valence-corrected chi connectivity index (χ0v) is 20.8. The molecule has 39 heavy (non-hydrogen) atoms. The molecule has 3 aromatic carbocycles. The number of benzene rings is 3. The average Bonchev–Trinajstić information content (AvgIpc) is 2.91. The van der Waals surface area contributed by atoms with E-state index in [0.29, 0.717) is 18.6 Å². The predicted octanol–water partition coefficient (Wildman–Crippen LogP) is 6.25. The van der Waals surface area contributed by atoms with Gasteiger partial charge in [-0.25, -0.2) is 0 Å². The topological polar surface area (TPSA) is 40.6 Å². The van der Waals surface area contributed by atoms with E-state index in [9.17, 15) is 35.9 Å². The van der Waals surface area contributed by atoms with E-state index in [2.05, 4.69) is 0 Å². The van der Waals surface area contributed by atoms with Gasteiger partial charge in [-0.05, 0) is 42.2 Å². The Kier molecular flexibility index (Phi) is 8.32. The van der Waals surface area contributed by atoms with Crippen molar-refractivity contribution in [3.8, 4) is 0 Å². The van der Waals surface area contributed by atoms with Gasteiger partial charge in [-0.15, -0.1) is 0 Å². The van der Waals surface area contributed by atoms with Crippen LogP contribution in [0, 0.1) is 0 Å². The normalized spacial score (nSPS) is 16.3. The maximum atomic E-state index is 13.4. The molecule has 4 nitrogen and oxygen atoms in total. The number of alkyl halides is 6. The first-order valence-electron chi connectivity index (χ1n) is 12.4. The number of halogens is 6. The van der Waals surface area contributed by atoms with Gasteiger partial charge in [-0.2, -0.15) is 26.3 Å². The fraction of sp³-hybridized carbons (Fsp3) is 0.310. The van der Waals surface area contributed by atoms with Crippen LogP contribution < -0.4 is 0 Å². The Balaban J connectivity index is 1.59. The third kappa shape index (κ3) is 7.19. The molecule has 10 heteroatoms. The van der Waals surface area contributed by atoms with Crippen molar-refractivity contribution >= 4 is 11.8 Å². The van der Waals surface area contributed by atoms with Crippen LogP contribution in [0.4, 0.5) is 26.3 Å². The monoisotopic (exact) mass is 548 g/mol. The van der Waals surface area contributed by atoms with Crippen LogP contribution in [-0.2, 0) is 30.0 Å². The summed E-state index contributed by atoms with van der Waals surface area (Å²) in [5.74, 6) is -1.08. The number of hydrogen-bond acceptors (Lipinski definition) is 2. The lowest BCUT2D eigenvalue weighted by Crippen LogP contribution is -2.57. The SMILES string of the molecule is O=C(CCc1ccccc1)N1CCN(C(=O)c2cc(C(F)(F)F)cc(C(F)(F)F)c2)[C@H](Cc2ccccc2)C1. The highest BCUT2D eigenvalue weighted by Crippen LogP contribution is 2.37. The lowest BCUT2D eigenvalue weighted by Gasteiger charge is -2.42. The molecule has 3 aromatic rings. The van der Waals surface area contributed by atoms with Crippen LogP contribution >= 0.6 is 0 Å². The Morgan fingerprint density at radius 1 is 0.744 bits per heavy atom. The highest BCUT2D eigenvalue weighted by molar-refractivity contribution is 5.95. The summed E-state index contributed by atoms with van der Waals surface area (Å²) in [6.07, 6.45) is -9.10. The van der Waals surface area contributed by atoms with E-state index in [-0.39, 0.29) is 44.4 Å². The number of aryl methyl sites for hydroxylation is 1. The first-order chi connectivity index (χ1) is 18.4. The van der Waals surface area contributed by atoms with Crippen LogP contribution in [0.5, 0.6) is 0 Å². The largest absolute Gasteiger partial charge is 0.416 e. The minimum Gasteiger partial charge on any atom is -0.339 e. The second kappa shape index (κ2) is 11.5. The van der Waals surface area contributed by atoms with Gasteiger partial charge in [0.1, 0.15) is 0 Å². The summed E-state index contributed by atoms with van der Waals surface area (Å²) in [6, 6.07) is 18.7. The molecule has 1 atom stereocenters. The van der Waals surface area contributed by atoms with Crippen LogP contribution in [0.1, 0.15) is 39.0 Å². The third-order valence-corrected chi connectivity index (χ3v) is 6.72. The molecule has 1 fully saturated rings. The van der Waals surface area contributed by atoms with E-state index in [1.165, 1.54) is 4.90 Å². The molecule has 1 aliphatic rings. The van der Waals surface area contributed by atoms with Gasteiger partial charge in [0, 0.05) is 31.6 Å². The highest BCUT2D eigenvalue weighted by Gasteiger charge is 2.39. The van der Waals surface area contributed by atoms with Crippen molar-refractivity contribution in [1.82, 2.24) is 9.80 Å².